The van der Waals surface area contributed by atoms with Gasteiger partial charge in [-0.15, -0.1) is 0 Å². The molecule has 0 spiro atoms. The van der Waals surface area contributed by atoms with Crippen LogP contribution in [0.2, 0.25) is 0 Å². The zero-order valence-corrected chi connectivity index (χ0v) is 15.4. The minimum absolute atomic E-state index is 0.116. The molecular weight excluding hydrogens is 310 g/mol. The highest BCUT2D eigenvalue weighted by atomic mass is 16.2. The smallest absolute Gasteiger partial charge is 0.285 e. The molecule has 1 saturated heterocycles. The number of carbonyl (C=O) groups is 1. The Hall–Kier alpha value is -2.33. The van der Waals surface area contributed by atoms with Gasteiger partial charge in [-0.25, -0.2) is 0 Å². The van der Waals surface area contributed by atoms with Crippen LogP contribution in [0.3, 0.4) is 0 Å². The lowest BCUT2D eigenvalue weighted by Gasteiger charge is -2.38. The lowest BCUT2D eigenvalue weighted by atomic mass is 10.0. The molecule has 1 atom stereocenters. The number of benzene rings is 2. The largest absolute Gasteiger partial charge is 0.360 e. The van der Waals surface area contributed by atoms with E-state index in [0.29, 0.717) is 0 Å². The average Bonchev–Trinajstić information content (AvgIpc) is 2.64. The van der Waals surface area contributed by atoms with E-state index in [1.807, 2.05) is 32.3 Å². The van der Waals surface area contributed by atoms with E-state index in [4.69, 9.17) is 0 Å². The van der Waals surface area contributed by atoms with Crippen molar-refractivity contribution in [3.05, 3.63) is 65.7 Å². The lowest BCUT2D eigenvalue weighted by molar-refractivity contribution is -0.922. The van der Waals surface area contributed by atoms with Crippen LogP contribution in [0.4, 0.5) is 5.69 Å². The molecule has 2 aromatic rings. The van der Waals surface area contributed by atoms with Crippen molar-refractivity contribution >= 4 is 11.6 Å². The number of quaternary nitrogens is 1. The summed E-state index contributed by atoms with van der Waals surface area (Å²) in [5.41, 5.74) is 3.74. The molecule has 132 valence electrons. The van der Waals surface area contributed by atoms with E-state index in [1.54, 1.807) is 4.90 Å². The van der Waals surface area contributed by atoms with Crippen LogP contribution in [0, 0.1) is 6.92 Å². The second-order valence-corrected chi connectivity index (χ2v) is 7.01. The molecule has 0 saturated carbocycles. The van der Waals surface area contributed by atoms with E-state index in [1.165, 1.54) is 16.2 Å². The van der Waals surface area contributed by atoms with E-state index in [-0.39, 0.29) is 11.9 Å². The summed E-state index contributed by atoms with van der Waals surface area (Å²) in [4.78, 5) is 18.4. The third-order valence-electron chi connectivity index (χ3n) is 5.09. The molecule has 0 radical (unpaired) electrons. The standard InChI is InChI=1S/C21H27N3O/c1-17-9-7-8-12-19(17)23-13-15-24(16-14-23)20(21(25)22(2)3)18-10-5-4-6-11-18/h4-12,20H,13-16H2,1-3H3/p+1/t20-/m0/s1. The first-order valence-electron chi connectivity index (χ1n) is 8.99. The number of aryl methyl sites for hydroxylation is 1. The molecule has 4 heteroatoms. The van der Waals surface area contributed by atoms with Gasteiger partial charge in [0, 0.05) is 25.3 Å². The van der Waals surface area contributed by atoms with Gasteiger partial charge >= 0.3 is 0 Å². The molecule has 1 aliphatic heterocycles. The van der Waals surface area contributed by atoms with Crippen LogP contribution in [-0.2, 0) is 4.79 Å². The van der Waals surface area contributed by atoms with Crippen molar-refractivity contribution in [2.45, 2.75) is 13.0 Å². The summed E-state index contributed by atoms with van der Waals surface area (Å²) in [7, 11) is 3.70. The van der Waals surface area contributed by atoms with Crippen molar-refractivity contribution in [2.24, 2.45) is 0 Å². The third kappa shape index (κ3) is 3.85. The van der Waals surface area contributed by atoms with Crippen LogP contribution in [0.5, 0.6) is 0 Å². The fraction of sp³-hybridized carbons (Fsp3) is 0.381. The van der Waals surface area contributed by atoms with Gasteiger partial charge in [0.05, 0.1) is 26.2 Å². The van der Waals surface area contributed by atoms with Crippen molar-refractivity contribution in [1.82, 2.24) is 4.90 Å². The molecule has 2 aromatic carbocycles. The van der Waals surface area contributed by atoms with E-state index >= 15 is 0 Å². The monoisotopic (exact) mass is 338 g/mol. The Morgan fingerprint density at radius 1 is 1.00 bits per heavy atom. The number of hydrogen-bond acceptors (Lipinski definition) is 2. The second kappa shape index (κ2) is 7.70. The molecule has 0 bridgehead atoms. The summed E-state index contributed by atoms with van der Waals surface area (Å²) in [5.74, 6) is 0.186. The normalized spacial score (nSPS) is 16.5. The number of hydrogen-bond donors (Lipinski definition) is 1. The molecule has 0 aromatic heterocycles. The Morgan fingerprint density at radius 2 is 1.60 bits per heavy atom. The van der Waals surface area contributed by atoms with E-state index in [9.17, 15) is 4.79 Å². The summed E-state index contributed by atoms with van der Waals surface area (Å²) in [6, 6.07) is 18.6. The summed E-state index contributed by atoms with van der Waals surface area (Å²) in [6.07, 6.45) is 0. The summed E-state index contributed by atoms with van der Waals surface area (Å²) >= 11 is 0. The van der Waals surface area contributed by atoms with Gasteiger partial charge in [0.25, 0.3) is 5.91 Å². The van der Waals surface area contributed by atoms with Gasteiger partial charge in [0.2, 0.25) is 0 Å². The van der Waals surface area contributed by atoms with Gasteiger partial charge in [0.1, 0.15) is 0 Å². The van der Waals surface area contributed by atoms with Crippen LogP contribution in [-0.4, -0.2) is 51.1 Å². The summed E-state index contributed by atoms with van der Waals surface area (Å²) in [6.45, 7) is 6.05. The maximum atomic E-state index is 12.8. The number of likely N-dealkylation sites (N-methyl/N-ethyl adjacent to an activating group) is 1. The third-order valence-corrected chi connectivity index (χ3v) is 5.09. The quantitative estimate of drug-likeness (QED) is 0.916. The molecule has 25 heavy (non-hydrogen) atoms. The van der Waals surface area contributed by atoms with Crippen LogP contribution < -0.4 is 9.80 Å². The second-order valence-electron chi connectivity index (χ2n) is 7.01. The first-order valence-corrected chi connectivity index (χ1v) is 8.99. The first kappa shape index (κ1) is 17.5. The Morgan fingerprint density at radius 3 is 2.20 bits per heavy atom. The fourth-order valence-corrected chi connectivity index (χ4v) is 3.70. The zero-order valence-electron chi connectivity index (χ0n) is 15.4. The predicted molar refractivity (Wildman–Crippen MR) is 102 cm³/mol. The summed E-state index contributed by atoms with van der Waals surface area (Å²) in [5, 5.41) is 0. The molecular formula is C21H28N3O+. The minimum Gasteiger partial charge on any atom is -0.360 e. The van der Waals surface area contributed by atoms with Gasteiger partial charge in [-0.1, -0.05) is 48.5 Å². The molecule has 0 unspecified atom stereocenters. The molecule has 1 aliphatic rings. The molecule has 4 nitrogen and oxygen atoms in total. The Kier molecular flexibility index (Phi) is 5.39. The van der Waals surface area contributed by atoms with Crippen LogP contribution in [0.25, 0.3) is 0 Å². The van der Waals surface area contributed by atoms with Crippen molar-refractivity contribution in [3.8, 4) is 0 Å². The van der Waals surface area contributed by atoms with E-state index in [2.05, 4.69) is 48.2 Å². The highest BCUT2D eigenvalue weighted by Crippen LogP contribution is 2.20. The van der Waals surface area contributed by atoms with E-state index < -0.39 is 0 Å². The topological polar surface area (TPSA) is 28.0 Å². The number of piperazine rings is 1. The Balaban J connectivity index is 1.76. The van der Waals surface area contributed by atoms with Crippen LogP contribution >= 0.6 is 0 Å². The highest BCUT2D eigenvalue weighted by Gasteiger charge is 2.35. The molecule has 1 fully saturated rings. The maximum Gasteiger partial charge on any atom is 0.285 e. The van der Waals surface area contributed by atoms with Crippen LogP contribution in [0.1, 0.15) is 17.2 Å². The highest BCUT2D eigenvalue weighted by molar-refractivity contribution is 5.81. The van der Waals surface area contributed by atoms with Crippen molar-refractivity contribution in [3.63, 3.8) is 0 Å². The van der Waals surface area contributed by atoms with Crippen molar-refractivity contribution < 1.29 is 9.69 Å². The number of nitrogens with one attached hydrogen (secondary N) is 1. The number of carbonyl (C=O) groups excluding carboxylic acids is 1. The minimum atomic E-state index is -0.116. The predicted octanol–water partition coefficient (Wildman–Crippen LogP) is 1.53. The number of amides is 1. The average molecular weight is 338 g/mol. The van der Waals surface area contributed by atoms with Gasteiger partial charge in [-0.05, 0) is 18.6 Å². The molecule has 1 amide bonds. The molecule has 0 aliphatic carbocycles. The number of anilines is 1. The Labute approximate surface area is 150 Å². The van der Waals surface area contributed by atoms with Crippen molar-refractivity contribution in [1.29, 1.82) is 0 Å². The fourth-order valence-electron chi connectivity index (χ4n) is 3.70. The van der Waals surface area contributed by atoms with Crippen molar-refractivity contribution in [2.75, 3.05) is 45.2 Å². The van der Waals surface area contributed by atoms with Gasteiger partial charge in [-0.3, -0.25) is 4.79 Å². The molecule has 3 rings (SSSR count). The number of para-hydroxylation sites is 1. The van der Waals surface area contributed by atoms with Gasteiger partial charge < -0.3 is 14.7 Å². The van der Waals surface area contributed by atoms with Crippen LogP contribution in [0.15, 0.2) is 54.6 Å². The summed E-state index contributed by atoms with van der Waals surface area (Å²) < 4.78 is 0. The zero-order chi connectivity index (χ0) is 17.8. The van der Waals surface area contributed by atoms with Gasteiger partial charge in [-0.2, -0.15) is 0 Å². The lowest BCUT2D eigenvalue weighted by Crippen LogP contribution is -3.16. The number of rotatable bonds is 4. The molecule has 1 N–H and O–H groups in total. The molecule has 1 heterocycles. The number of nitrogens with zero attached hydrogens (tertiary/aromatic N) is 2. The van der Waals surface area contributed by atoms with E-state index in [0.717, 1.165) is 31.7 Å². The first-order chi connectivity index (χ1) is 12.1. The SMILES string of the molecule is Cc1ccccc1N1CC[NH+]([C@H](C(=O)N(C)C)c2ccccc2)CC1. The van der Waals surface area contributed by atoms with Gasteiger partial charge in [0.15, 0.2) is 6.04 Å². The Bertz CT molecular complexity index is 706. The maximum absolute atomic E-state index is 12.8.